The molecule has 4 aromatic carbocycles. The van der Waals surface area contributed by atoms with Crippen LogP contribution >= 0.6 is 0 Å². The van der Waals surface area contributed by atoms with Gasteiger partial charge in [-0.15, -0.1) is 0 Å². The zero-order valence-electron chi connectivity index (χ0n) is 17.7. The normalized spacial score (nSPS) is 10.8. The Bertz CT molecular complexity index is 1240. The Balaban J connectivity index is 1.45. The molecule has 5 aromatic rings. The lowest BCUT2D eigenvalue weighted by atomic mass is 10.0. The monoisotopic (exact) mass is 413 g/mol. The SMILES string of the molecule is c1ccc(-c2cccc(CCc3nc(-c4ccccc4)nc(-c4ccccc4)n3)c2)cc1. The molecule has 0 radical (unpaired) electrons. The molecule has 0 fully saturated rings. The third-order valence-electron chi connectivity index (χ3n) is 5.42. The van der Waals surface area contributed by atoms with Gasteiger partial charge in [0.05, 0.1) is 0 Å². The standard InChI is InChI=1S/C29H23N3/c1-4-12-23(13-5-1)26-18-10-11-22(21-26)19-20-27-30-28(24-14-6-2-7-15-24)32-29(31-27)25-16-8-3-9-17-25/h1-18,21H,19-20H2. The molecule has 0 atom stereocenters. The molecule has 1 aromatic heterocycles. The second kappa shape index (κ2) is 9.36. The van der Waals surface area contributed by atoms with Gasteiger partial charge >= 0.3 is 0 Å². The minimum Gasteiger partial charge on any atom is -0.213 e. The van der Waals surface area contributed by atoms with Crippen molar-refractivity contribution in [3.63, 3.8) is 0 Å². The first-order chi connectivity index (χ1) is 15.8. The van der Waals surface area contributed by atoms with Crippen LogP contribution in [0.3, 0.4) is 0 Å². The topological polar surface area (TPSA) is 38.7 Å². The van der Waals surface area contributed by atoms with Crippen molar-refractivity contribution in [1.29, 1.82) is 0 Å². The van der Waals surface area contributed by atoms with E-state index in [1.165, 1.54) is 16.7 Å². The van der Waals surface area contributed by atoms with Gasteiger partial charge in [-0.25, -0.2) is 15.0 Å². The molecule has 1 heterocycles. The van der Waals surface area contributed by atoms with E-state index in [0.717, 1.165) is 29.8 Å². The summed E-state index contributed by atoms with van der Waals surface area (Å²) in [6, 6.07) is 39.4. The molecule has 0 bridgehead atoms. The van der Waals surface area contributed by atoms with Crippen LogP contribution in [0.15, 0.2) is 115 Å². The molecule has 0 aliphatic carbocycles. The number of hydrogen-bond donors (Lipinski definition) is 0. The van der Waals surface area contributed by atoms with E-state index < -0.39 is 0 Å². The van der Waals surface area contributed by atoms with E-state index in [1.54, 1.807) is 0 Å². The third-order valence-corrected chi connectivity index (χ3v) is 5.42. The number of aryl methyl sites for hydroxylation is 2. The molecule has 3 nitrogen and oxygen atoms in total. The quantitative estimate of drug-likeness (QED) is 0.312. The Morgan fingerprint density at radius 3 is 1.47 bits per heavy atom. The largest absolute Gasteiger partial charge is 0.213 e. The minimum absolute atomic E-state index is 0.715. The van der Waals surface area contributed by atoms with Crippen LogP contribution in [0.4, 0.5) is 0 Å². The van der Waals surface area contributed by atoms with Crippen LogP contribution in [0.2, 0.25) is 0 Å². The highest BCUT2D eigenvalue weighted by molar-refractivity contribution is 5.64. The summed E-state index contributed by atoms with van der Waals surface area (Å²) in [4.78, 5) is 14.4. The predicted molar refractivity (Wildman–Crippen MR) is 130 cm³/mol. The minimum atomic E-state index is 0.715. The molecular weight excluding hydrogens is 390 g/mol. The molecule has 32 heavy (non-hydrogen) atoms. The molecule has 5 rings (SSSR count). The predicted octanol–water partition coefficient (Wildman–Crippen LogP) is 6.66. The van der Waals surface area contributed by atoms with Crippen LogP contribution in [0, 0.1) is 0 Å². The third kappa shape index (κ3) is 4.62. The first-order valence-corrected chi connectivity index (χ1v) is 10.9. The van der Waals surface area contributed by atoms with Gasteiger partial charge in [0.1, 0.15) is 5.82 Å². The Morgan fingerprint density at radius 1 is 0.406 bits per heavy atom. The average Bonchev–Trinajstić information content (AvgIpc) is 2.89. The van der Waals surface area contributed by atoms with Crippen molar-refractivity contribution in [2.45, 2.75) is 12.8 Å². The van der Waals surface area contributed by atoms with Gasteiger partial charge in [-0.1, -0.05) is 115 Å². The zero-order valence-corrected chi connectivity index (χ0v) is 17.7. The Hall–Kier alpha value is -4.11. The highest BCUT2D eigenvalue weighted by atomic mass is 15.0. The number of rotatable bonds is 6. The summed E-state index contributed by atoms with van der Waals surface area (Å²) in [5.41, 5.74) is 5.73. The van der Waals surface area contributed by atoms with E-state index in [1.807, 2.05) is 66.7 Å². The molecule has 154 valence electrons. The summed E-state index contributed by atoms with van der Waals surface area (Å²) in [6.07, 6.45) is 1.62. The van der Waals surface area contributed by atoms with Crippen molar-refractivity contribution in [3.05, 3.63) is 127 Å². The summed E-state index contributed by atoms with van der Waals surface area (Å²) in [5.74, 6) is 2.24. The molecule has 0 aliphatic rings. The number of hydrogen-bond acceptors (Lipinski definition) is 3. The van der Waals surface area contributed by atoms with E-state index in [0.29, 0.717) is 11.6 Å². The summed E-state index contributed by atoms with van der Waals surface area (Å²) < 4.78 is 0. The fourth-order valence-corrected chi connectivity index (χ4v) is 3.76. The van der Waals surface area contributed by atoms with Gasteiger partial charge in [-0.2, -0.15) is 0 Å². The van der Waals surface area contributed by atoms with Crippen molar-refractivity contribution in [1.82, 2.24) is 15.0 Å². The fraction of sp³-hybridized carbons (Fsp3) is 0.0690. The van der Waals surface area contributed by atoms with Crippen LogP contribution < -0.4 is 0 Å². The Labute approximate surface area is 188 Å². The highest BCUT2D eigenvalue weighted by Crippen LogP contribution is 2.22. The van der Waals surface area contributed by atoms with Crippen LogP contribution in [-0.4, -0.2) is 15.0 Å². The smallest absolute Gasteiger partial charge is 0.163 e. The van der Waals surface area contributed by atoms with Gasteiger partial charge in [-0.05, 0) is 23.1 Å². The Kier molecular flexibility index (Phi) is 5.80. The van der Waals surface area contributed by atoms with Crippen molar-refractivity contribution < 1.29 is 0 Å². The lowest BCUT2D eigenvalue weighted by molar-refractivity contribution is 0.844. The van der Waals surface area contributed by atoms with Gasteiger partial charge in [0.25, 0.3) is 0 Å². The molecule has 0 saturated heterocycles. The van der Waals surface area contributed by atoms with Crippen LogP contribution in [0.25, 0.3) is 33.9 Å². The van der Waals surface area contributed by atoms with E-state index >= 15 is 0 Å². The molecule has 3 heteroatoms. The average molecular weight is 414 g/mol. The van der Waals surface area contributed by atoms with Crippen molar-refractivity contribution in [2.75, 3.05) is 0 Å². The van der Waals surface area contributed by atoms with Gasteiger partial charge in [0.15, 0.2) is 11.6 Å². The lowest BCUT2D eigenvalue weighted by Gasteiger charge is -2.09. The maximum Gasteiger partial charge on any atom is 0.163 e. The maximum absolute atomic E-state index is 4.80. The molecule has 0 aliphatic heterocycles. The second-order valence-electron chi connectivity index (χ2n) is 7.70. The number of nitrogens with zero attached hydrogens (tertiary/aromatic N) is 3. The van der Waals surface area contributed by atoms with Crippen LogP contribution in [0.5, 0.6) is 0 Å². The summed E-state index contributed by atoms with van der Waals surface area (Å²) in [7, 11) is 0. The summed E-state index contributed by atoms with van der Waals surface area (Å²) >= 11 is 0. The summed E-state index contributed by atoms with van der Waals surface area (Å²) in [6.45, 7) is 0. The van der Waals surface area contributed by atoms with E-state index in [9.17, 15) is 0 Å². The van der Waals surface area contributed by atoms with Crippen molar-refractivity contribution >= 4 is 0 Å². The van der Waals surface area contributed by atoms with Crippen LogP contribution in [-0.2, 0) is 12.8 Å². The molecular formula is C29H23N3. The van der Waals surface area contributed by atoms with Crippen LogP contribution in [0.1, 0.15) is 11.4 Å². The number of benzene rings is 4. The zero-order chi connectivity index (χ0) is 21.6. The molecule has 0 saturated carbocycles. The maximum atomic E-state index is 4.80. The van der Waals surface area contributed by atoms with Gasteiger partial charge in [0.2, 0.25) is 0 Å². The van der Waals surface area contributed by atoms with E-state index in [4.69, 9.17) is 15.0 Å². The van der Waals surface area contributed by atoms with Crippen molar-refractivity contribution in [2.24, 2.45) is 0 Å². The van der Waals surface area contributed by atoms with Gasteiger partial charge in [0, 0.05) is 17.5 Å². The molecule has 0 spiro atoms. The van der Waals surface area contributed by atoms with Gasteiger partial charge in [-0.3, -0.25) is 0 Å². The molecule has 0 unspecified atom stereocenters. The van der Waals surface area contributed by atoms with E-state index in [2.05, 4.69) is 48.5 Å². The van der Waals surface area contributed by atoms with Gasteiger partial charge < -0.3 is 0 Å². The highest BCUT2D eigenvalue weighted by Gasteiger charge is 2.11. The first kappa shape index (κ1) is 19.8. The summed E-state index contributed by atoms with van der Waals surface area (Å²) in [5, 5.41) is 0. The second-order valence-corrected chi connectivity index (χ2v) is 7.70. The molecule has 0 amide bonds. The van der Waals surface area contributed by atoms with Crippen molar-refractivity contribution in [3.8, 4) is 33.9 Å². The van der Waals surface area contributed by atoms with E-state index in [-0.39, 0.29) is 0 Å². The fourth-order valence-electron chi connectivity index (χ4n) is 3.76. The first-order valence-electron chi connectivity index (χ1n) is 10.9. The number of aromatic nitrogens is 3. The molecule has 0 N–H and O–H groups in total. The Morgan fingerprint density at radius 2 is 0.906 bits per heavy atom. The lowest BCUT2D eigenvalue weighted by Crippen LogP contribution is -2.04.